The Morgan fingerprint density at radius 3 is 2.43 bits per heavy atom. The molecule has 2 aromatic carbocycles. The van der Waals surface area contributed by atoms with Crippen LogP contribution in [0.25, 0.3) is 0 Å². The molecule has 0 atom stereocenters. The molecule has 0 radical (unpaired) electrons. The molecule has 0 aliphatic heterocycles. The van der Waals surface area contributed by atoms with Crippen molar-refractivity contribution in [2.45, 2.75) is 27.2 Å². The summed E-state index contributed by atoms with van der Waals surface area (Å²) in [6.07, 6.45) is 0.0897. The highest BCUT2D eigenvalue weighted by Crippen LogP contribution is 2.19. The lowest BCUT2D eigenvalue weighted by molar-refractivity contribution is -0.115. The van der Waals surface area contributed by atoms with Gasteiger partial charge in [-0.3, -0.25) is 10.1 Å². The molecule has 3 rings (SSSR count). The van der Waals surface area contributed by atoms with Gasteiger partial charge < -0.3 is 10.6 Å². The molecule has 0 aliphatic carbocycles. The van der Waals surface area contributed by atoms with E-state index in [0.29, 0.717) is 15.8 Å². The van der Waals surface area contributed by atoms with Crippen LogP contribution in [0.2, 0.25) is 0 Å². The molecular formula is C20H21N5O2S. The van der Waals surface area contributed by atoms with Crippen molar-refractivity contribution in [3.63, 3.8) is 0 Å². The Labute approximate surface area is 167 Å². The minimum absolute atomic E-state index is 0.0897. The molecule has 7 nitrogen and oxygen atoms in total. The van der Waals surface area contributed by atoms with Crippen LogP contribution in [0.1, 0.15) is 21.7 Å². The number of nitrogens with zero attached hydrogens (tertiary/aromatic N) is 2. The number of hydrogen-bond donors (Lipinski definition) is 3. The number of hydrogen-bond acceptors (Lipinski definition) is 5. The van der Waals surface area contributed by atoms with Crippen molar-refractivity contribution in [2.24, 2.45) is 0 Å². The quantitative estimate of drug-likeness (QED) is 0.600. The molecule has 144 valence electrons. The zero-order valence-corrected chi connectivity index (χ0v) is 16.7. The van der Waals surface area contributed by atoms with Gasteiger partial charge in [0.25, 0.3) is 0 Å². The molecule has 8 heteroatoms. The fraction of sp³-hybridized carbons (Fsp3) is 0.200. The molecule has 0 aliphatic rings. The topological polar surface area (TPSA) is 96.0 Å². The maximum Gasteiger partial charge on any atom is 0.325 e. The molecule has 3 N–H and O–H groups in total. The lowest BCUT2D eigenvalue weighted by Crippen LogP contribution is -2.19. The van der Waals surface area contributed by atoms with Crippen molar-refractivity contribution in [1.29, 1.82) is 0 Å². The monoisotopic (exact) mass is 395 g/mol. The molecule has 0 spiro atoms. The molecule has 3 aromatic rings. The molecule has 28 heavy (non-hydrogen) atoms. The van der Waals surface area contributed by atoms with Crippen LogP contribution in [0.5, 0.6) is 0 Å². The summed E-state index contributed by atoms with van der Waals surface area (Å²) < 4.78 is 0. The van der Waals surface area contributed by atoms with Gasteiger partial charge in [-0.2, -0.15) is 0 Å². The van der Waals surface area contributed by atoms with E-state index in [0.717, 1.165) is 22.4 Å². The molecule has 0 fully saturated rings. The van der Waals surface area contributed by atoms with E-state index >= 15 is 0 Å². The molecule has 1 aromatic heterocycles. The predicted octanol–water partition coefficient (Wildman–Crippen LogP) is 4.29. The van der Waals surface area contributed by atoms with E-state index in [1.165, 1.54) is 11.3 Å². The summed E-state index contributed by atoms with van der Waals surface area (Å²) in [5.41, 5.74) is 4.70. The van der Waals surface area contributed by atoms with Gasteiger partial charge in [0.05, 0.1) is 6.42 Å². The van der Waals surface area contributed by atoms with E-state index in [1.807, 2.05) is 63.2 Å². The molecule has 0 saturated heterocycles. The molecule has 0 unspecified atom stereocenters. The van der Waals surface area contributed by atoms with Crippen LogP contribution in [0.3, 0.4) is 0 Å². The number of nitrogens with one attached hydrogen (secondary N) is 3. The van der Waals surface area contributed by atoms with Gasteiger partial charge in [-0.05, 0) is 55.7 Å². The second kappa shape index (κ2) is 8.62. The number of urea groups is 1. The van der Waals surface area contributed by atoms with Gasteiger partial charge in [0, 0.05) is 11.4 Å². The van der Waals surface area contributed by atoms with E-state index in [4.69, 9.17) is 0 Å². The number of benzene rings is 2. The Morgan fingerprint density at radius 2 is 1.68 bits per heavy atom. The van der Waals surface area contributed by atoms with E-state index in [9.17, 15) is 9.59 Å². The number of aryl methyl sites for hydroxylation is 3. The molecular weight excluding hydrogens is 374 g/mol. The van der Waals surface area contributed by atoms with Crippen LogP contribution in [0.15, 0.2) is 42.5 Å². The molecule has 0 saturated carbocycles. The second-order valence-electron chi connectivity index (χ2n) is 6.42. The van der Waals surface area contributed by atoms with E-state index in [-0.39, 0.29) is 12.3 Å². The highest BCUT2D eigenvalue weighted by molar-refractivity contribution is 7.15. The average molecular weight is 395 g/mol. The summed E-state index contributed by atoms with van der Waals surface area (Å²) in [7, 11) is 0. The van der Waals surface area contributed by atoms with Crippen LogP contribution in [-0.4, -0.2) is 22.1 Å². The van der Waals surface area contributed by atoms with E-state index in [2.05, 4.69) is 26.1 Å². The van der Waals surface area contributed by atoms with Crippen LogP contribution >= 0.6 is 11.3 Å². The maximum absolute atomic E-state index is 12.2. The highest BCUT2D eigenvalue weighted by Gasteiger charge is 2.12. The number of para-hydroxylation sites is 1. The second-order valence-corrected chi connectivity index (χ2v) is 7.48. The lowest BCUT2D eigenvalue weighted by atomic mass is 10.1. The number of carbonyl (C=O) groups excluding carboxylic acids is 2. The number of carbonyl (C=O) groups is 2. The summed E-state index contributed by atoms with van der Waals surface area (Å²) in [5, 5.41) is 17.0. The van der Waals surface area contributed by atoms with Gasteiger partial charge in [0.15, 0.2) is 0 Å². The van der Waals surface area contributed by atoms with Gasteiger partial charge >= 0.3 is 6.03 Å². The molecule has 0 bridgehead atoms. The summed E-state index contributed by atoms with van der Waals surface area (Å²) in [5.74, 6) is -0.184. The minimum Gasteiger partial charge on any atom is -0.325 e. The molecule has 1 heterocycles. The van der Waals surface area contributed by atoms with Crippen LogP contribution < -0.4 is 16.0 Å². The maximum atomic E-state index is 12.2. The van der Waals surface area contributed by atoms with Crippen molar-refractivity contribution in [3.05, 3.63) is 64.2 Å². The Morgan fingerprint density at radius 1 is 0.893 bits per heavy atom. The first-order valence-electron chi connectivity index (χ1n) is 8.74. The normalized spacial score (nSPS) is 10.4. The van der Waals surface area contributed by atoms with Gasteiger partial charge in [0.1, 0.15) is 5.01 Å². The van der Waals surface area contributed by atoms with Crippen molar-refractivity contribution >= 4 is 39.8 Å². The van der Waals surface area contributed by atoms with E-state index < -0.39 is 6.03 Å². The summed E-state index contributed by atoms with van der Waals surface area (Å²) in [6.45, 7) is 5.92. The van der Waals surface area contributed by atoms with Crippen LogP contribution in [0.4, 0.5) is 21.3 Å². The van der Waals surface area contributed by atoms with Gasteiger partial charge in [-0.25, -0.2) is 4.79 Å². The third kappa shape index (κ3) is 5.14. The third-order valence-electron chi connectivity index (χ3n) is 4.18. The summed E-state index contributed by atoms with van der Waals surface area (Å²) in [6, 6.07) is 12.8. The first-order valence-corrected chi connectivity index (χ1v) is 9.55. The largest absolute Gasteiger partial charge is 0.325 e. The zero-order valence-electron chi connectivity index (χ0n) is 15.9. The fourth-order valence-corrected chi connectivity index (χ4v) is 3.23. The average Bonchev–Trinajstić information content (AvgIpc) is 3.06. The number of amides is 3. The number of aromatic nitrogens is 2. The van der Waals surface area contributed by atoms with Gasteiger partial charge in [-0.1, -0.05) is 35.6 Å². The SMILES string of the molecule is Cc1ccc(NC(=O)Nc2nnc(CC(=O)Nc3ccccc3C)s2)cc1C. The van der Waals surface area contributed by atoms with Crippen molar-refractivity contribution in [2.75, 3.05) is 16.0 Å². The van der Waals surface area contributed by atoms with Crippen LogP contribution in [-0.2, 0) is 11.2 Å². The van der Waals surface area contributed by atoms with Crippen LogP contribution in [0, 0.1) is 20.8 Å². The summed E-state index contributed by atoms with van der Waals surface area (Å²) in [4.78, 5) is 24.3. The van der Waals surface area contributed by atoms with Gasteiger partial charge in [0.2, 0.25) is 11.0 Å². The van der Waals surface area contributed by atoms with Crippen molar-refractivity contribution in [3.8, 4) is 0 Å². The fourth-order valence-electron chi connectivity index (χ4n) is 2.50. The van der Waals surface area contributed by atoms with E-state index in [1.54, 1.807) is 0 Å². The van der Waals surface area contributed by atoms with Gasteiger partial charge in [-0.15, -0.1) is 10.2 Å². The predicted molar refractivity (Wildman–Crippen MR) is 112 cm³/mol. The third-order valence-corrected chi connectivity index (χ3v) is 5.02. The Balaban J connectivity index is 1.54. The Bertz CT molecular complexity index is 1020. The number of anilines is 3. The zero-order chi connectivity index (χ0) is 20.1. The minimum atomic E-state index is -0.407. The Kier molecular flexibility index (Phi) is 6.00. The first-order chi connectivity index (χ1) is 13.4. The summed E-state index contributed by atoms with van der Waals surface area (Å²) >= 11 is 1.17. The Hall–Kier alpha value is -3.26. The van der Waals surface area contributed by atoms with Crippen molar-refractivity contribution < 1.29 is 9.59 Å². The number of rotatable bonds is 5. The smallest absolute Gasteiger partial charge is 0.325 e. The first kappa shape index (κ1) is 19.5. The standard InChI is InChI=1S/C20H21N5O2S/c1-12-8-9-15(10-14(12)3)21-19(27)23-20-25-24-18(28-20)11-17(26)22-16-7-5-4-6-13(16)2/h4-10H,11H2,1-3H3,(H,22,26)(H2,21,23,25,27). The molecule has 3 amide bonds. The lowest BCUT2D eigenvalue weighted by Gasteiger charge is -2.07. The highest BCUT2D eigenvalue weighted by atomic mass is 32.1. The van der Waals surface area contributed by atoms with Crippen molar-refractivity contribution in [1.82, 2.24) is 10.2 Å².